The van der Waals surface area contributed by atoms with Gasteiger partial charge in [-0.1, -0.05) is 0 Å². The maximum atomic E-state index is 8.47. The van der Waals surface area contributed by atoms with Crippen LogP contribution in [0.2, 0.25) is 0 Å². The van der Waals surface area contributed by atoms with Gasteiger partial charge < -0.3 is 5.48 Å². The predicted molar refractivity (Wildman–Crippen MR) is 23.8 cm³/mol. The summed E-state index contributed by atoms with van der Waals surface area (Å²) in [4.78, 5) is 16.9. The molecule has 58 valence electrons. The molecule has 0 spiro atoms. The van der Waals surface area contributed by atoms with E-state index in [0.29, 0.717) is 0 Å². The Hall–Kier alpha value is -0.380. The smallest absolute Gasteiger partial charge is 0.412 e. The monoisotopic (exact) mass is 186 g/mol. The first-order valence-corrected chi connectivity index (χ1v) is 1.17. The molecule has 0 unspecified atom stereocenters. The second kappa shape index (κ2) is 15.8. The number of nitrogens with zero attached hydrogens (tertiary/aromatic N) is 2. The first-order chi connectivity index (χ1) is 3.46. The maximum Gasteiger partial charge on any atom is 0.472 e. The average molecular weight is 186 g/mol. The van der Waals surface area contributed by atoms with Gasteiger partial charge in [0.25, 0.3) is 0 Å². The van der Waals surface area contributed by atoms with Gasteiger partial charge in [-0.05, 0) is 0 Å². The summed E-state index contributed by atoms with van der Waals surface area (Å²) in [6.45, 7) is 0. The topological polar surface area (TPSA) is 153 Å². The molecule has 9 nitrogen and oxygen atoms in total. The number of hydrogen-bond acceptors (Lipinski definition) is 2. The molecule has 6 N–H and O–H groups in total. The van der Waals surface area contributed by atoms with E-state index in [4.69, 9.17) is 30.6 Å². The van der Waals surface area contributed by atoms with E-state index in [1.165, 1.54) is 0 Å². The van der Waals surface area contributed by atoms with Crippen molar-refractivity contribution in [3.8, 4) is 0 Å². The zero-order chi connectivity index (χ0) is 7.15. The van der Waals surface area contributed by atoms with Crippen LogP contribution in [0.15, 0.2) is 0 Å². The summed E-state index contributed by atoms with van der Waals surface area (Å²) < 4.78 is 0. The SMILES string of the molecule is O.O=[N+](O)O.O=[N+](O)O.[Ca]. The Bertz CT molecular complexity index is 69.6. The van der Waals surface area contributed by atoms with E-state index < -0.39 is 10.2 Å². The molecule has 0 bridgehead atoms. The van der Waals surface area contributed by atoms with E-state index in [2.05, 4.69) is 0 Å². The van der Waals surface area contributed by atoms with Crippen molar-refractivity contribution >= 4 is 37.7 Å². The van der Waals surface area contributed by atoms with Crippen LogP contribution in [-0.4, -0.2) is 74.2 Å². The minimum absolute atomic E-state index is 0. The Kier molecular flexibility index (Phi) is 35.9. The van der Waals surface area contributed by atoms with Gasteiger partial charge in [-0.25, -0.2) is 20.8 Å². The largest absolute Gasteiger partial charge is 0.472 e. The van der Waals surface area contributed by atoms with E-state index in [1.54, 1.807) is 0 Å². The van der Waals surface area contributed by atoms with Gasteiger partial charge in [-0.2, -0.15) is 0 Å². The van der Waals surface area contributed by atoms with Gasteiger partial charge in [0, 0.05) is 37.7 Å². The third kappa shape index (κ3) is 2310. The van der Waals surface area contributed by atoms with Crippen LogP contribution >= 0.6 is 0 Å². The van der Waals surface area contributed by atoms with E-state index in [0.717, 1.165) is 0 Å². The molecule has 0 aromatic heterocycles. The van der Waals surface area contributed by atoms with Crippen molar-refractivity contribution in [2.75, 3.05) is 0 Å². The van der Waals surface area contributed by atoms with Crippen LogP contribution in [-0.2, 0) is 0 Å². The molecule has 0 aliphatic heterocycles. The van der Waals surface area contributed by atoms with E-state index >= 15 is 0 Å². The van der Waals surface area contributed by atoms with Gasteiger partial charge in [-0.3, -0.25) is 0 Å². The van der Waals surface area contributed by atoms with E-state index in [9.17, 15) is 0 Å². The fourth-order valence-corrected chi connectivity index (χ4v) is 0. The molecule has 0 saturated carbocycles. The van der Waals surface area contributed by atoms with E-state index in [1.807, 2.05) is 0 Å². The van der Waals surface area contributed by atoms with Gasteiger partial charge in [-0.15, -0.1) is 0 Å². The molecule has 0 fully saturated rings. The molecule has 0 saturated heterocycles. The van der Waals surface area contributed by atoms with Crippen LogP contribution < -0.4 is 0 Å². The Morgan fingerprint density at radius 1 is 0.800 bits per heavy atom. The molecule has 10 heavy (non-hydrogen) atoms. The average Bonchev–Trinajstić information content (AvgIpc) is 1.25. The van der Waals surface area contributed by atoms with Crippen LogP contribution in [0.5, 0.6) is 0 Å². The molecule has 10 heteroatoms. The summed E-state index contributed by atoms with van der Waals surface area (Å²) in [5, 5.41) is 25.1. The van der Waals surface area contributed by atoms with Crippen molar-refractivity contribution < 1.29 is 36.5 Å². The van der Waals surface area contributed by atoms with Gasteiger partial charge in [0.05, 0.1) is 0 Å². The molecule has 0 aliphatic carbocycles. The van der Waals surface area contributed by atoms with E-state index in [-0.39, 0.29) is 43.2 Å². The molecule has 0 atom stereocenters. The summed E-state index contributed by atoms with van der Waals surface area (Å²) in [5.74, 6) is 0. The zero-order valence-corrected chi connectivity index (χ0v) is 6.92. The molecular weight excluding hydrogens is 180 g/mol. The van der Waals surface area contributed by atoms with Gasteiger partial charge in [0.2, 0.25) is 0 Å². The minimum atomic E-state index is -1.25. The second-order valence-electron chi connectivity index (χ2n) is 0.505. The van der Waals surface area contributed by atoms with Crippen molar-refractivity contribution in [3.05, 3.63) is 9.81 Å². The molecule has 0 rings (SSSR count). The Morgan fingerprint density at radius 2 is 0.800 bits per heavy atom. The summed E-state index contributed by atoms with van der Waals surface area (Å²) in [6, 6.07) is 0. The zero-order valence-electron chi connectivity index (χ0n) is 4.71. The van der Waals surface area contributed by atoms with Crippen molar-refractivity contribution in [2.45, 2.75) is 0 Å². The van der Waals surface area contributed by atoms with Crippen molar-refractivity contribution in [3.63, 3.8) is 0 Å². The van der Waals surface area contributed by atoms with Crippen LogP contribution in [0.4, 0.5) is 0 Å². The maximum absolute atomic E-state index is 8.47. The van der Waals surface area contributed by atoms with Crippen LogP contribution in [0, 0.1) is 9.81 Å². The van der Waals surface area contributed by atoms with Crippen LogP contribution in [0.25, 0.3) is 0 Å². The molecule has 0 aromatic rings. The Morgan fingerprint density at radius 3 is 0.800 bits per heavy atom. The van der Waals surface area contributed by atoms with Gasteiger partial charge in [0.15, 0.2) is 0 Å². The molecule has 2 radical (unpaired) electrons. The molecule has 0 heterocycles. The summed E-state index contributed by atoms with van der Waals surface area (Å²) >= 11 is 0. The van der Waals surface area contributed by atoms with Gasteiger partial charge >= 0.3 is 10.2 Å². The Balaban J connectivity index is -0.0000000300. The Labute approximate surface area is 83.8 Å². The third-order valence-corrected chi connectivity index (χ3v) is 0. The van der Waals surface area contributed by atoms with Crippen LogP contribution in [0.1, 0.15) is 0 Å². The first kappa shape index (κ1) is 22.6. The predicted octanol–water partition coefficient (Wildman–Crippen LogP) is -2.12. The molecule has 0 aliphatic rings. The van der Waals surface area contributed by atoms with Gasteiger partial charge in [0.1, 0.15) is 9.81 Å². The standard InChI is InChI=1S/Ca.2H2NO3.H2O/c;2*2-1(3)4;/h;2*(H2,2,3,4);1H2/q;2*+1;. The summed E-state index contributed by atoms with van der Waals surface area (Å²) in [5.41, 5.74) is 0. The van der Waals surface area contributed by atoms with Crippen molar-refractivity contribution in [2.24, 2.45) is 0 Å². The molecular formula is H6CaN2O7+2. The normalized spacial score (nSPS) is 4.80. The number of rotatable bonds is 0. The minimum Gasteiger partial charge on any atom is -0.412 e. The van der Waals surface area contributed by atoms with Crippen molar-refractivity contribution in [1.82, 2.24) is 0 Å². The summed E-state index contributed by atoms with van der Waals surface area (Å²) in [7, 11) is 0. The first-order valence-electron chi connectivity index (χ1n) is 1.17. The fraction of sp³-hybridized carbons (Fsp3) is 0. The fourth-order valence-electron chi connectivity index (χ4n) is 0. The number of hydrogen-bond donors (Lipinski definition) is 4. The summed E-state index contributed by atoms with van der Waals surface area (Å²) in [6.07, 6.45) is 0. The molecule has 0 amide bonds. The quantitative estimate of drug-likeness (QED) is 0.250. The third-order valence-electron chi connectivity index (χ3n) is 0. The molecule has 0 aromatic carbocycles. The van der Waals surface area contributed by atoms with Crippen LogP contribution in [0.3, 0.4) is 0 Å². The van der Waals surface area contributed by atoms with Crippen molar-refractivity contribution in [1.29, 1.82) is 0 Å². The second-order valence-corrected chi connectivity index (χ2v) is 0.505.